The first-order valence-electron chi connectivity index (χ1n) is 10.0. The zero-order chi connectivity index (χ0) is 17.6. The Morgan fingerprint density at radius 1 is 1.19 bits per heavy atom. The minimum atomic E-state index is -0.0210. The topological polar surface area (TPSA) is 66.2 Å². The van der Waals surface area contributed by atoms with Gasteiger partial charge in [0.1, 0.15) is 0 Å². The number of aryl methyl sites for hydroxylation is 2. The molecule has 1 atom stereocenters. The van der Waals surface area contributed by atoms with Crippen molar-refractivity contribution in [1.82, 2.24) is 15.6 Å². The molecule has 0 bridgehead atoms. The second-order valence-corrected chi connectivity index (χ2v) is 8.17. The Morgan fingerprint density at radius 2 is 2.04 bits per heavy atom. The molecule has 3 aliphatic rings. The summed E-state index contributed by atoms with van der Waals surface area (Å²) >= 11 is 0. The number of rotatable bonds is 2. The van der Waals surface area contributed by atoms with E-state index in [0.717, 1.165) is 56.3 Å². The maximum absolute atomic E-state index is 12.8. The van der Waals surface area contributed by atoms with Crippen LogP contribution in [0.3, 0.4) is 0 Å². The summed E-state index contributed by atoms with van der Waals surface area (Å²) in [7, 11) is 0. The molecular formula is C21H27N3O2. The number of carbonyl (C=O) groups is 1. The smallest absolute Gasteiger partial charge is 0.251 e. The fourth-order valence-electron chi connectivity index (χ4n) is 4.98. The number of nitrogens with one attached hydrogen (secondary N) is 3. The Bertz CT molecular complexity index is 835. The van der Waals surface area contributed by atoms with E-state index in [1.165, 1.54) is 29.5 Å². The van der Waals surface area contributed by atoms with Gasteiger partial charge in [-0.2, -0.15) is 0 Å². The Kier molecular flexibility index (Phi) is 4.02. The Balaban J connectivity index is 1.32. The lowest BCUT2D eigenvalue weighted by molar-refractivity contribution is -0.0194. The maximum atomic E-state index is 12.8. The zero-order valence-corrected chi connectivity index (χ0v) is 15.2. The van der Waals surface area contributed by atoms with Crippen LogP contribution < -0.4 is 10.6 Å². The number of carbonyl (C=O) groups excluding carboxylic acids is 1. The molecule has 2 fully saturated rings. The van der Waals surface area contributed by atoms with Gasteiger partial charge in [0.05, 0.1) is 18.2 Å². The molecule has 1 aromatic carbocycles. The predicted octanol–water partition coefficient (Wildman–Crippen LogP) is 2.69. The quantitative estimate of drug-likeness (QED) is 0.778. The molecule has 0 unspecified atom stereocenters. The normalized spacial score (nSPS) is 24.7. The van der Waals surface area contributed by atoms with Gasteiger partial charge in [0.2, 0.25) is 0 Å². The molecule has 5 nitrogen and oxygen atoms in total. The van der Waals surface area contributed by atoms with Crippen LogP contribution in [0.2, 0.25) is 0 Å². The second kappa shape index (κ2) is 6.39. The lowest BCUT2D eigenvalue weighted by Crippen LogP contribution is -2.43. The second-order valence-electron chi connectivity index (χ2n) is 8.17. The summed E-state index contributed by atoms with van der Waals surface area (Å²) in [5, 5.41) is 7.82. The van der Waals surface area contributed by atoms with Crippen molar-refractivity contribution in [3.8, 4) is 0 Å². The number of aromatic nitrogens is 1. The van der Waals surface area contributed by atoms with Crippen molar-refractivity contribution < 1.29 is 9.53 Å². The van der Waals surface area contributed by atoms with E-state index < -0.39 is 0 Å². The van der Waals surface area contributed by atoms with E-state index >= 15 is 0 Å². The third kappa shape index (κ3) is 2.83. The molecule has 138 valence electrons. The van der Waals surface area contributed by atoms with E-state index in [-0.39, 0.29) is 17.6 Å². The first-order valence-corrected chi connectivity index (χ1v) is 10.0. The molecule has 0 saturated carbocycles. The highest BCUT2D eigenvalue weighted by Crippen LogP contribution is 2.34. The highest BCUT2D eigenvalue weighted by atomic mass is 16.5. The molecule has 3 N–H and O–H groups in total. The van der Waals surface area contributed by atoms with Crippen molar-refractivity contribution >= 4 is 16.8 Å². The van der Waals surface area contributed by atoms with Crippen molar-refractivity contribution in [2.24, 2.45) is 0 Å². The van der Waals surface area contributed by atoms with E-state index in [1.807, 2.05) is 6.07 Å². The molecule has 1 aliphatic carbocycles. The van der Waals surface area contributed by atoms with E-state index in [0.29, 0.717) is 6.61 Å². The number of hydrogen-bond donors (Lipinski definition) is 3. The van der Waals surface area contributed by atoms with Crippen LogP contribution in [0.4, 0.5) is 0 Å². The molecule has 1 spiro atoms. The van der Waals surface area contributed by atoms with Crippen LogP contribution in [-0.4, -0.2) is 42.2 Å². The molecular weight excluding hydrogens is 326 g/mol. The van der Waals surface area contributed by atoms with Crippen LogP contribution in [0.15, 0.2) is 18.2 Å². The third-order valence-corrected chi connectivity index (χ3v) is 6.42. The van der Waals surface area contributed by atoms with Gasteiger partial charge in [0, 0.05) is 22.2 Å². The number of aromatic amines is 1. The molecule has 3 heterocycles. The van der Waals surface area contributed by atoms with Gasteiger partial charge in [-0.25, -0.2) is 0 Å². The van der Waals surface area contributed by atoms with Crippen LogP contribution >= 0.6 is 0 Å². The Hall–Kier alpha value is -1.85. The van der Waals surface area contributed by atoms with Crippen LogP contribution in [0, 0.1) is 0 Å². The van der Waals surface area contributed by atoms with Gasteiger partial charge in [-0.05, 0) is 81.8 Å². The lowest BCUT2D eigenvalue weighted by atomic mass is 9.88. The Labute approximate surface area is 153 Å². The predicted molar refractivity (Wildman–Crippen MR) is 102 cm³/mol. The number of hydrogen-bond acceptors (Lipinski definition) is 3. The molecule has 1 aromatic heterocycles. The van der Waals surface area contributed by atoms with Gasteiger partial charge in [-0.3, -0.25) is 4.79 Å². The van der Waals surface area contributed by atoms with Gasteiger partial charge < -0.3 is 20.4 Å². The number of fused-ring (bicyclic) bond motifs is 3. The summed E-state index contributed by atoms with van der Waals surface area (Å²) in [4.78, 5) is 16.4. The van der Waals surface area contributed by atoms with Gasteiger partial charge >= 0.3 is 0 Å². The summed E-state index contributed by atoms with van der Waals surface area (Å²) in [6.07, 6.45) is 7.76. The molecule has 0 radical (unpaired) electrons. The number of benzene rings is 1. The summed E-state index contributed by atoms with van der Waals surface area (Å²) in [5.74, 6) is 0.0252. The summed E-state index contributed by atoms with van der Waals surface area (Å²) in [6, 6.07) is 6.19. The average molecular weight is 353 g/mol. The maximum Gasteiger partial charge on any atom is 0.251 e. The molecule has 5 heteroatoms. The van der Waals surface area contributed by atoms with Crippen molar-refractivity contribution in [3.05, 3.63) is 35.0 Å². The van der Waals surface area contributed by atoms with Gasteiger partial charge in [-0.15, -0.1) is 0 Å². The number of amides is 1. The molecule has 5 rings (SSSR count). The minimum absolute atomic E-state index is 0.0210. The fraction of sp³-hybridized carbons (Fsp3) is 0.571. The molecule has 2 aromatic rings. The summed E-state index contributed by atoms with van der Waals surface area (Å²) in [5.41, 5.74) is 4.68. The van der Waals surface area contributed by atoms with Crippen molar-refractivity contribution in [2.75, 3.05) is 19.7 Å². The van der Waals surface area contributed by atoms with Gasteiger partial charge in [0.25, 0.3) is 5.91 Å². The van der Waals surface area contributed by atoms with Gasteiger partial charge in [-0.1, -0.05) is 0 Å². The van der Waals surface area contributed by atoms with Crippen LogP contribution in [0.25, 0.3) is 10.9 Å². The van der Waals surface area contributed by atoms with E-state index in [9.17, 15) is 4.79 Å². The zero-order valence-electron chi connectivity index (χ0n) is 15.2. The standard InChI is InChI=1S/C21H27N3O2/c25-20(23-15-12-21(26-13-15)7-9-22-10-8-21)14-5-6-19-17(11-14)16-3-1-2-4-18(16)24-19/h5-6,11,15,22,24H,1-4,7-10,12-13H2,(H,23,25)/t15-/m1/s1. The number of piperidine rings is 1. The van der Waals surface area contributed by atoms with Gasteiger partial charge in [0.15, 0.2) is 0 Å². The monoisotopic (exact) mass is 353 g/mol. The first-order chi connectivity index (χ1) is 12.7. The van der Waals surface area contributed by atoms with Crippen LogP contribution in [0.5, 0.6) is 0 Å². The first kappa shape index (κ1) is 16.3. The van der Waals surface area contributed by atoms with Crippen LogP contribution in [0.1, 0.15) is 53.7 Å². The minimum Gasteiger partial charge on any atom is -0.373 e. The highest BCUT2D eigenvalue weighted by Gasteiger charge is 2.41. The molecule has 2 aliphatic heterocycles. The number of ether oxygens (including phenoxy) is 1. The van der Waals surface area contributed by atoms with Crippen molar-refractivity contribution in [3.63, 3.8) is 0 Å². The van der Waals surface area contributed by atoms with Crippen molar-refractivity contribution in [1.29, 1.82) is 0 Å². The lowest BCUT2D eigenvalue weighted by Gasteiger charge is -2.32. The van der Waals surface area contributed by atoms with E-state index in [4.69, 9.17) is 4.74 Å². The fourth-order valence-corrected chi connectivity index (χ4v) is 4.98. The highest BCUT2D eigenvalue weighted by molar-refractivity contribution is 5.99. The SMILES string of the molecule is O=C(N[C@H]1COC2(CCNCC2)C1)c1ccc2[nH]c3c(c2c1)CCCC3. The van der Waals surface area contributed by atoms with E-state index in [2.05, 4.69) is 27.8 Å². The van der Waals surface area contributed by atoms with Crippen LogP contribution in [-0.2, 0) is 17.6 Å². The molecule has 1 amide bonds. The third-order valence-electron chi connectivity index (χ3n) is 6.42. The molecule has 2 saturated heterocycles. The summed E-state index contributed by atoms with van der Waals surface area (Å²) in [6.45, 7) is 2.65. The number of H-pyrrole nitrogens is 1. The largest absolute Gasteiger partial charge is 0.373 e. The average Bonchev–Trinajstić information content (AvgIpc) is 3.23. The Morgan fingerprint density at radius 3 is 2.92 bits per heavy atom. The van der Waals surface area contributed by atoms with Crippen molar-refractivity contribution in [2.45, 2.75) is 56.6 Å². The summed E-state index contributed by atoms with van der Waals surface area (Å²) < 4.78 is 6.10. The van der Waals surface area contributed by atoms with E-state index in [1.54, 1.807) is 0 Å². The molecule has 26 heavy (non-hydrogen) atoms.